The molecular formula is C54H42N6. The first-order valence-electron chi connectivity index (χ1n) is 20.3. The summed E-state index contributed by atoms with van der Waals surface area (Å²) in [7, 11) is 2.12. The van der Waals surface area contributed by atoms with E-state index in [2.05, 4.69) is 192 Å². The molecule has 9 aromatic rings. The molecule has 1 aliphatic rings. The second kappa shape index (κ2) is 16.3. The van der Waals surface area contributed by atoms with E-state index in [1.807, 2.05) is 42.7 Å². The minimum Gasteiger partial charge on any atom is -0.353 e. The van der Waals surface area contributed by atoms with Crippen LogP contribution in [-0.2, 0) is 0 Å². The van der Waals surface area contributed by atoms with Crippen LogP contribution in [0, 0.1) is 0 Å². The number of hydrogen-bond donors (Lipinski definition) is 2. The molecule has 2 N–H and O–H groups in total. The van der Waals surface area contributed by atoms with Crippen LogP contribution in [-0.4, -0.2) is 29.0 Å². The predicted octanol–water partition coefficient (Wildman–Crippen LogP) is 12.9. The zero-order valence-corrected chi connectivity index (χ0v) is 33.2. The normalized spacial score (nSPS) is 15.3. The van der Waals surface area contributed by atoms with Gasteiger partial charge in [0.25, 0.3) is 0 Å². The number of benzene rings is 8. The number of nitrogens with one attached hydrogen (secondary N) is 2. The third kappa shape index (κ3) is 7.32. The zero-order chi connectivity index (χ0) is 40.3. The first-order chi connectivity index (χ1) is 29.7. The van der Waals surface area contributed by atoms with Gasteiger partial charge in [-0.15, -0.1) is 0 Å². The molecule has 0 saturated heterocycles. The third-order valence-electron chi connectivity index (χ3n) is 11.3. The Labute approximate surface area is 350 Å². The highest BCUT2D eigenvalue weighted by atomic mass is 15.4. The monoisotopic (exact) mass is 774 g/mol. The Morgan fingerprint density at radius 3 is 1.73 bits per heavy atom. The molecule has 0 saturated carbocycles. The van der Waals surface area contributed by atoms with Crippen molar-refractivity contribution in [1.82, 2.24) is 15.2 Å². The molecule has 10 rings (SSSR count). The number of fused-ring (bicyclic) bond motifs is 3. The standard InChI is InChI=1S/C54H42N6/c1-60-53(43-18-9-4-10-19-43)58-52(59-54(60)44-29-25-39(26-30-44)38-16-7-3-8-17-38)42-27-23-40(24-28-42)41-31-33-45(34-32-41)57-51-47-21-12-11-20-46(47)49-48(22-13-35-55-49)50(51)56-36-37-14-5-2-6-15-37/h2-36,52,54,57,59H,1H3/b56-36+. The summed E-state index contributed by atoms with van der Waals surface area (Å²) in [5.41, 5.74) is 12.8. The first kappa shape index (κ1) is 36.7. The van der Waals surface area contributed by atoms with E-state index in [1.54, 1.807) is 0 Å². The fraction of sp³-hybridized carbons (Fsp3) is 0.0556. The van der Waals surface area contributed by atoms with E-state index in [9.17, 15) is 0 Å². The largest absolute Gasteiger partial charge is 0.353 e. The smallest absolute Gasteiger partial charge is 0.134 e. The highest BCUT2D eigenvalue weighted by molar-refractivity contribution is 6.19. The maximum atomic E-state index is 5.29. The average molecular weight is 775 g/mol. The lowest BCUT2D eigenvalue weighted by Crippen LogP contribution is -2.46. The van der Waals surface area contributed by atoms with Crippen molar-refractivity contribution in [3.63, 3.8) is 0 Å². The molecule has 6 nitrogen and oxygen atoms in total. The van der Waals surface area contributed by atoms with Crippen molar-refractivity contribution in [2.45, 2.75) is 12.3 Å². The number of aliphatic imine (C=N–C) groups is 2. The summed E-state index contributed by atoms with van der Waals surface area (Å²) >= 11 is 0. The van der Waals surface area contributed by atoms with Crippen LogP contribution in [0.5, 0.6) is 0 Å². The van der Waals surface area contributed by atoms with Gasteiger partial charge in [-0.05, 0) is 63.2 Å². The van der Waals surface area contributed by atoms with E-state index in [0.29, 0.717) is 0 Å². The molecule has 6 heteroatoms. The van der Waals surface area contributed by atoms with Crippen LogP contribution in [0.1, 0.15) is 34.6 Å². The molecule has 8 aromatic carbocycles. The Morgan fingerprint density at radius 2 is 1.07 bits per heavy atom. The van der Waals surface area contributed by atoms with Gasteiger partial charge >= 0.3 is 0 Å². The minimum absolute atomic E-state index is 0.0761. The van der Waals surface area contributed by atoms with Gasteiger partial charge in [0.1, 0.15) is 18.2 Å². The maximum absolute atomic E-state index is 5.29. The number of anilines is 2. The summed E-state index contributed by atoms with van der Waals surface area (Å²) < 4.78 is 0. The second-order valence-electron chi connectivity index (χ2n) is 15.1. The molecule has 288 valence electrons. The van der Waals surface area contributed by atoms with E-state index in [0.717, 1.165) is 72.4 Å². The van der Waals surface area contributed by atoms with Gasteiger partial charge in [-0.2, -0.15) is 0 Å². The summed E-state index contributed by atoms with van der Waals surface area (Å²) in [6.07, 6.45) is 3.46. The van der Waals surface area contributed by atoms with Gasteiger partial charge in [0.2, 0.25) is 0 Å². The molecule has 1 aromatic heterocycles. The van der Waals surface area contributed by atoms with Crippen molar-refractivity contribution in [2.24, 2.45) is 9.98 Å². The van der Waals surface area contributed by atoms with Gasteiger partial charge < -0.3 is 10.2 Å². The van der Waals surface area contributed by atoms with Crippen molar-refractivity contribution in [3.05, 3.63) is 229 Å². The van der Waals surface area contributed by atoms with E-state index < -0.39 is 0 Å². The molecule has 2 atom stereocenters. The minimum atomic E-state index is -0.235. The Morgan fingerprint density at radius 1 is 0.533 bits per heavy atom. The fourth-order valence-corrected chi connectivity index (χ4v) is 8.15. The second-order valence-corrected chi connectivity index (χ2v) is 15.1. The molecule has 0 bridgehead atoms. The van der Waals surface area contributed by atoms with Crippen LogP contribution in [0.2, 0.25) is 0 Å². The Bertz CT molecular complexity index is 2960. The van der Waals surface area contributed by atoms with E-state index in [1.165, 1.54) is 16.7 Å². The van der Waals surface area contributed by atoms with E-state index >= 15 is 0 Å². The highest BCUT2D eigenvalue weighted by Crippen LogP contribution is 2.43. The SMILES string of the molecule is CN1C(c2ccccc2)=NC(c2ccc(-c3ccc(Nc4c(/N=C/c5ccccc5)c5cccnc5c5ccccc45)cc3)cc2)NC1c1ccc(-c2ccccc2)cc1. The van der Waals surface area contributed by atoms with Crippen molar-refractivity contribution < 1.29 is 0 Å². The lowest BCUT2D eigenvalue weighted by Gasteiger charge is -2.39. The van der Waals surface area contributed by atoms with Gasteiger partial charge in [0, 0.05) is 46.9 Å². The predicted molar refractivity (Wildman–Crippen MR) is 249 cm³/mol. The zero-order valence-electron chi connectivity index (χ0n) is 33.2. The van der Waals surface area contributed by atoms with Gasteiger partial charge in [-0.3, -0.25) is 15.3 Å². The van der Waals surface area contributed by atoms with Crippen LogP contribution in [0.15, 0.2) is 216 Å². The van der Waals surface area contributed by atoms with Crippen LogP contribution < -0.4 is 10.6 Å². The molecule has 0 aliphatic carbocycles. The molecule has 60 heavy (non-hydrogen) atoms. The Hall–Kier alpha value is -7.67. The molecular weight excluding hydrogens is 733 g/mol. The number of hydrogen-bond acceptors (Lipinski definition) is 6. The van der Waals surface area contributed by atoms with Crippen LogP contribution >= 0.6 is 0 Å². The summed E-state index contributed by atoms with van der Waals surface area (Å²) in [4.78, 5) is 17.4. The van der Waals surface area contributed by atoms with Crippen LogP contribution in [0.25, 0.3) is 43.9 Å². The van der Waals surface area contributed by atoms with Gasteiger partial charge in [-0.25, -0.2) is 4.99 Å². The number of aromatic nitrogens is 1. The van der Waals surface area contributed by atoms with E-state index in [-0.39, 0.29) is 12.3 Å². The topological polar surface area (TPSA) is 64.9 Å². The molecule has 2 unspecified atom stereocenters. The molecule has 2 heterocycles. The maximum Gasteiger partial charge on any atom is 0.134 e. The number of rotatable bonds is 9. The molecule has 0 amide bonds. The highest BCUT2D eigenvalue weighted by Gasteiger charge is 2.30. The van der Waals surface area contributed by atoms with Crippen molar-refractivity contribution in [1.29, 1.82) is 0 Å². The Kier molecular flexibility index (Phi) is 9.95. The summed E-state index contributed by atoms with van der Waals surface area (Å²) in [5, 5.41) is 10.7. The van der Waals surface area contributed by atoms with Crippen molar-refractivity contribution >= 4 is 50.8 Å². The van der Waals surface area contributed by atoms with Crippen LogP contribution in [0.4, 0.5) is 17.1 Å². The average Bonchev–Trinajstić information content (AvgIpc) is 3.33. The van der Waals surface area contributed by atoms with Crippen LogP contribution in [0.3, 0.4) is 0 Å². The fourth-order valence-electron chi connectivity index (χ4n) is 8.15. The van der Waals surface area contributed by atoms with Crippen molar-refractivity contribution in [3.8, 4) is 22.3 Å². The summed E-state index contributed by atoms with van der Waals surface area (Å²) in [6.45, 7) is 0. The number of nitrogens with zero attached hydrogens (tertiary/aromatic N) is 4. The number of pyridine rings is 1. The lowest BCUT2D eigenvalue weighted by atomic mass is 10.00. The van der Waals surface area contributed by atoms with Gasteiger partial charge in [0.05, 0.1) is 16.9 Å². The molecule has 0 fully saturated rings. The van der Waals surface area contributed by atoms with Crippen molar-refractivity contribution in [2.75, 3.05) is 12.4 Å². The molecule has 0 spiro atoms. The molecule has 0 radical (unpaired) electrons. The quantitative estimate of drug-likeness (QED) is 0.113. The van der Waals surface area contributed by atoms with E-state index in [4.69, 9.17) is 15.0 Å². The third-order valence-corrected chi connectivity index (χ3v) is 11.3. The summed E-state index contributed by atoms with van der Waals surface area (Å²) in [6, 6.07) is 69.9. The van der Waals surface area contributed by atoms with Gasteiger partial charge in [0.15, 0.2) is 0 Å². The molecule has 1 aliphatic heterocycles. The number of amidine groups is 1. The summed E-state index contributed by atoms with van der Waals surface area (Å²) in [5.74, 6) is 0.952. The Balaban J connectivity index is 0.934. The first-order valence-corrected chi connectivity index (χ1v) is 20.3. The lowest BCUT2D eigenvalue weighted by molar-refractivity contribution is 0.257. The van der Waals surface area contributed by atoms with Gasteiger partial charge in [-0.1, -0.05) is 176 Å².